The Morgan fingerprint density at radius 2 is 2.12 bits per heavy atom. The molecule has 96 valence electrons. The molecule has 0 rings (SSSR count). The smallest absolute Gasteiger partial charge is 0.305 e. The zero-order valence-electron chi connectivity index (χ0n) is 9.85. The summed E-state index contributed by atoms with van der Waals surface area (Å²) in [5, 5.41) is 17.6. The molecule has 0 radical (unpaired) electrons. The molecule has 0 amide bonds. The molecule has 0 heterocycles. The molecule has 0 fully saturated rings. The van der Waals surface area contributed by atoms with Crippen LogP contribution in [0.4, 0.5) is 0 Å². The summed E-state index contributed by atoms with van der Waals surface area (Å²) in [5.74, 6) is 1.42. The van der Waals surface area contributed by atoms with Gasteiger partial charge >= 0.3 is 5.97 Å². The van der Waals surface area contributed by atoms with Crippen LogP contribution >= 0.6 is 11.8 Å². The molecule has 5 heteroatoms. The number of carbonyl (C=O) groups excluding carboxylic acids is 1. The first-order chi connectivity index (χ1) is 7.70. The van der Waals surface area contributed by atoms with Gasteiger partial charge in [0, 0.05) is 12.2 Å². The van der Waals surface area contributed by atoms with Crippen molar-refractivity contribution in [2.45, 2.75) is 38.7 Å². The molecule has 16 heavy (non-hydrogen) atoms. The number of hydrogen-bond donors (Lipinski definition) is 2. The van der Waals surface area contributed by atoms with E-state index in [1.165, 1.54) is 0 Å². The van der Waals surface area contributed by atoms with E-state index in [1.807, 2.05) is 0 Å². The Kier molecular flexibility index (Phi) is 11.0. The second-order valence-corrected chi connectivity index (χ2v) is 4.68. The Morgan fingerprint density at radius 1 is 1.38 bits per heavy atom. The lowest BCUT2D eigenvalue weighted by Gasteiger charge is -2.06. The quantitative estimate of drug-likeness (QED) is 0.450. The molecule has 0 aliphatic carbocycles. The third-order valence-corrected chi connectivity index (χ3v) is 3.19. The fraction of sp³-hybridized carbons (Fsp3) is 0.909. The van der Waals surface area contributed by atoms with Crippen LogP contribution in [0.5, 0.6) is 0 Å². The first-order valence-corrected chi connectivity index (χ1v) is 6.88. The Balaban J connectivity index is 3.12. The van der Waals surface area contributed by atoms with Crippen LogP contribution < -0.4 is 0 Å². The highest BCUT2D eigenvalue weighted by Gasteiger charge is 2.02. The minimum Gasteiger partial charge on any atom is -0.466 e. The van der Waals surface area contributed by atoms with Crippen LogP contribution in [0.1, 0.15) is 32.6 Å². The summed E-state index contributed by atoms with van der Waals surface area (Å²) < 4.78 is 4.81. The van der Waals surface area contributed by atoms with Gasteiger partial charge in [-0.25, -0.2) is 0 Å². The van der Waals surface area contributed by atoms with Gasteiger partial charge in [0.05, 0.1) is 19.3 Å². The highest BCUT2D eigenvalue weighted by Crippen LogP contribution is 2.09. The van der Waals surface area contributed by atoms with Crippen molar-refractivity contribution in [2.24, 2.45) is 0 Å². The van der Waals surface area contributed by atoms with Crippen LogP contribution in [0.25, 0.3) is 0 Å². The SMILES string of the molecule is CCOC(=O)CCCCCSCC(O)CO. The number of hydrogen-bond acceptors (Lipinski definition) is 5. The Hall–Kier alpha value is -0.260. The molecule has 1 atom stereocenters. The van der Waals surface area contributed by atoms with Gasteiger partial charge in [0.1, 0.15) is 0 Å². The van der Waals surface area contributed by atoms with E-state index in [-0.39, 0.29) is 12.6 Å². The number of aliphatic hydroxyl groups excluding tert-OH is 2. The molecule has 0 aromatic heterocycles. The predicted octanol–water partition coefficient (Wildman–Crippen LogP) is 1.20. The summed E-state index contributed by atoms with van der Waals surface area (Å²) in [4.78, 5) is 11.0. The van der Waals surface area contributed by atoms with Gasteiger partial charge in [0.15, 0.2) is 0 Å². The van der Waals surface area contributed by atoms with Crippen molar-refractivity contribution in [2.75, 3.05) is 24.7 Å². The van der Waals surface area contributed by atoms with Crippen LogP contribution in [0.3, 0.4) is 0 Å². The van der Waals surface area contributed by atoms with Crippen LogP contribution in [-0.4, -0.2) is 47.0 Å². The molecule has 0 saturated carbocycles. The summed E-state index contributed by atoms with van der Waals surface area (Å²) in [6.45, 7) is 2.09. The Morgan fingerprint density at radius 3 is 2.75 bits per heavy atom. The fourth-order valence-corrected chi connectivity index (χ4v) is 2.11. The molecule has 4 nitrogen and oxygen atoms in total. The third-order valence-electron chi connectivity index (χ3n) is 2.00. The number of unbranched alkanes of at least 4 members (excludes halogenated alkanes) is 2. The van der Waals surface area contributed by atoms with Crippen molar-refractivity contribution >= 4 is 17.7 Å². The summed E-state index contributed by atoms with van der Waals surface area (Å²) in [7, 11) is 0. The van der Waals surface area contributed by atoms with E-state index in [4.69, 9.17) is 14.9 Å². The lowest BCUT2D eigenvalue weighted by atomic mass is 10.2. The predicted molar refractivity (Wildman–Crippen MR) is 65.5 cm³/mol. The third kappa shape index (κ3) is 10.3. The molecule has 0 saturated heterocycles. The maximum atomic E-state index is 11.0. The normalized spacial score (nSPS) is 12.4. The van der Waals surface area contributed by atoms with E-state index < -0.39 is 6.10 Å². The van der Waals surface area contributed by atoms with Crippen molar-refractivity contribution in [3.05, 3.63) is 0 Å². The lowest BCUT2D eigenvalue weighted by Crippen LogP contribution is -2.14. The first kappa shape index (κ1) is 15.7. The maximum absolute atomic E-state index is 11.0. The van der Waals surface area contributed by atoms with E-state index >= 15 is 0 Å². The molecular formula is C11H22O4S. The zero-order chi connectivity index (χ0) is 12.2. The monoisotopic (exact) mass is 250 g/mol. The Bertz CT molecular complexity index is 175. The zero-order valence-corrected chi connectivity index (χ0v) is 10.7. The topological polar surface area (TPSA) is 66.8 Å². The second-order valence-electron chi connectivity index (χ2n) is 3.53. The van der Waals surface area contributed by atoms with Crippen molar-refractivity contribution in [3.8, 4) is 0 Å². The van der Waals surface area contributed by atoms with Gasteiger partial charge in [-0.1, -0.05) is 6.42 Å². The number of aliphatic hydroxyl groups is 2. The molecular weight excluding hydrogens is 228 g/mol. The number of esters is 1. The number of rotatable bonds is 10. The molecule has 0 aromatic rings. The molecule has 0 aliphatic heterocycles. The fourth-order valence-electron chi connectivity index (χ4n) is 1.16. The van der Waals surface area contributed by atoms with Gasteiger partial charge in [-0.15, -0.1) is 0 Å². The van der Waals surface area contributed by atoms with Crippen LogP contribution in [-0.2, 0) is 9.53 Å². The molecule has 1 unspecified atom stereocenters. The molecule has 0 spiro atoms. The number of carbonyl (C=O) groups is 1. The highest BCUT2D eigenvalue weighted by atomic mass is 32.2. The van der Waals surface area contributed by atoms with Crippen molar-refractivity contribution in [3.63, 3.8) is 0 Å². The highest BCUT2D eigenvalue weighted by molar-refractivity contribution is 7.99. The van der Waals surface area contributed by atoms with Crippen LogP contribution in [0, 0.1) is 0 Å². The second kappa shape index (κ2) is 11.2. The summed E-state index contributed by atoms with van der Waals surface area (Å²) >= 11 is 1.63. The van der Waals surface area contributed by atoms with Crippen LogP contribution in [0.2, 0.25) is 0 Å². The summed E-state index contributed by atoms with van der Waals surface area (Å²) in [6, 6.07) is 0. The molecule has 0 bridgehead atoms. The van der Waals surface area contributed by atoms with Gasteiger partial charge in [-0.05, 0) is 25.5 Å². The summed E-state index contributed by atoms with van der Waals surface area (Å²) in [6.07, 6.45) is 2.78. The molecule has 0 aliphatic rings. The van der Waals surface area contributed by atoms with Gasteiger partial charge in [-0.2, -0.15) is 11.8 Å². The standard InChI is InChI=1S/C11H22O4S/c1-2-15-11(14)6-4-3-5-7-16-9-10(13)8-12/h10,12-13H,2-9H2,1H3. The van der Waals surface area contributed by atoms with Gasteiger partial charge in [-0.3, -0.25) is 4.79 Å². The van der Waals surface area contributed by atoms with Crippen molar-refractivity contribution in [1.82, 2.24) is 0 Å². The van der Waals surface area contributed by atoms with E-state index in [1.54, 1.807) is 18.7 Å². The molecule has 2 N–H and O–H groups in total. The largest absolute Gasteiger partial charge is 0.466 e. The lowest BCUT2D eigenvalue weighted by molar-refractivity contribution is -0.143. The van der Waals surface area contributed by atoms with Crippen LogP contribution in [0.15, 0.2) is 0 Å². The average molecular weight is 250 g/mol. The minimum atomic E-state index is -0.607. The summed E-state index contributed by atoms with van der Waals surface area (Å²) in [5.41, 5.74) is 0. The Labute approximate surface area is 101 Å². The van der Waals surface area contributed by atoms with Crippen molar-refractivity contribution in [1.29, 1.82) is 0 Å². The minimum absolute atomic E-state index is 0.120. The number of thioether (sulfide) groups is 1. The van der Waals surface area contributed by atoms with E-state index in [9.17, 15) is 4.79 Å². The van der Waals surface area contributed by atoms with Gasteiger partial charge in [0.2, 0.25) is 0 Å². The van der Waals surface area contributed by atoms with E-state index in [0.29, 0.717) is 18.8 Å². The van der Waals surface area contributed by atoms with Gasteiger partial charge < -0.3 is 14.9 Å². The average Bonchev–Trinajstić information content (AvgIpc) is 2.27. The van der Waals surface area contributed by atoms with Crippen molar-refractivity contribution < 1.29 is 19.7 Å². The first-order valence-electron chi connectivity index (χ1n) is 5.73. The van der Waals surface area contributed by atoms with Gasteiger partial charge in [0.25, 0.3) is 0 Å². The maximum Gasteiger partial charge on any atom is 0.305 e. The van der Waals surface area contributed by atoms with E-state index in [2.05, 4.69) is 0 Å². The molecule has 0 aromatic carbocycles. The number of ether oxygens (including phenoxy) is 1. The van der Waals surface area contributed by atoms with E-state index in [0.717, 1.165) is 25.0 Å².